The average Bonchev–Trinajstić information content (AvgIpc) is 2.78. The van der Waals surface area contributed by atoms with Crippen molar-refractivity contribution < 1.29 is 5.11 Å². The first-order valence-corrected chi connectivity index (χ1v) is 6.73. The molecule has 94 valence electrons. The van der Waals surface area contributed by atoms with Crippen molar-refractivity contribution in [1.29, 1.82) is 0 Å². The molecule has 0 spiro atoms. The van der Waals surface area contributed by atoms with Crippen LogP contribution in [-0.4, -0.2) is 18.3 Å². The topological polar surface area (TPSA) is 32.3 Å². The molecule has 0 bridgehead atoms. The van der Waals surface area contributed by atoms with Gasteiger partial charge in [0.15, 0.2) is 0 Å². The Labute approximate surface area is 104 Å². The Bertz CT molecular complexity index is 351. The molecule has 1 aliphatic rings. The van der Waals surface area contributed by atoms with Crippen molar-refractivity contribution in [3.63, 3.8) is 0 Å². The number of benzene rings is 1. The van der Waals surface area contributed by atoms with Crippen LogP contribution >= 0.6 is 0 Å². The first-order valence-electron chi connectivity index (χ1n) is 6.73. The number of aryl methyl sites for hydroxylation is 1. The Morgan fingerprint density at radius 3 is 3.06 bits per heavy atom. The van der Waals surface area contributed by atoms with E-state index >= 15 is 0 Å². The molecular formula is C15H23NO. The lowest BCUT2D eigenvalue weighted by atomic mass is 10.1. The third-order valence-corrected chi connectivity index (χ3v) is 3.71. The lowest BCUT2D eigenvalue weighted by molar-refractivity contribution is 0.227. The zero-order chi connectivity index (χ0) is 12.1. The summed E-state index contributed by atoms with van der Waals surface area (Å²) in [6.07, 6.45) is 4.70. The molecule has 0 fully saturated rings. The first kappa shape index (κ1) is 12.6. The van der Waals surface area contributed by atoms with Gasteiger partial charge in [-0.3, -0.25) is 0 Å². The second-order valence-electron chi connectivity index (χ2n) is 5.17. The van der Waals surface area contributed by atoms with Crippen LogP contribution in [0.4, 0.5) is 0 Å². The molecule has 0 saturated carbocycles. The van der Waals surface area contributed by atoms with Crippen LogP contribution in [0.25, 0.3) is 0 Å². The zero-order valence-corrected chi connectivity index (χ0v) is 10.7. The number of aliphatic hydroxyl groups excluding tert-OH is 1. The van der Waals surface area contributed by atoms with Gasteiger partial charge < -0.3 is 10.4 Å². The van der Waals surface area contributed by atoms with E-state index in [2.05, 4.69) is 36.5 Å². The SMILES string of the molecule is CC(CO)CCCNC1CCc2ccccc21. The molecule has 2 heteroatoms. The van der Waals surface area contributed by atoms with Gasteiger partial charge in [0.1, 0.15) is 0 Å². The Balaban J connectivity index is 1.75. The number of hydrogen-bond acceptors (Lipinski definition) is 2. The van der Waals surface area contributed by atoms with Gasteiger partial charge in [0.05, 0.1) is 0 Å². The van der Waals surface area contributed by atoms with E-state index in [0.29, 0.717) is 18.6 Å². The molecule has 0 aromatic heterocycles. The van der Waals surface area contributed by atoms with Crippen molar-refractivity contribution in [2.75, 3.05) is 13.2 Å². The summed E-state index contributed by atoms with van der Waals surface area (Å²) in [5, 5.41) is 12.6. The van der Waals surface area contributed by atoms with Gasteiger partial charge in [0.2, 0.25) is 0 Å². The number of rotatable bonds is 6. The Morgan fingerprint density at radius 2 is 2.24 bits per heavy atom. The predicted molar refractivity (Wildman–Crippen MR) is 71.0 cm³/mol. The van der Waals surface area contributed by atoms with Gasteiger partial charge in [-0.1, -0.05) is 31.2 Å². The molecule has 17 heavy (non-hydrogen) atoms. The summed E-state index contributed by atoms with van der Waals surface area (Å²) >= 11 is 0. The fourth-order valence-corrected chi connectivity index (χ4v) is 2.59. The van der Waals surface area contributed by atoms with Gasteiger partial charge in [0, 0.05) is 12.6 Å². The smallest absolute Gasteiger partial charge is 0.0456 e. The summed E-state index contributed by atoms with van der Waals surface area (Å²) in [6, 6.07) is 9.30. The zero-order valence-electron chi connectivity index (χ0n) is 10.7. The van der Waals surface area contributed by atoms with Crippen molar-refractivity contribution in [3.05, 3.63) is 35.4 Å². The van der Waals surface area contributed by atoms with Crippen LogP contribution in [0.5, 0.6) is 0 Å². The number of fused-ring (bicyclic) bond motifs is 1. The molecule has 1 aromatic carbocycles. The fraction of sp³-hybridized carbons (Fsp3) is 0.600. The van der Waals surface area contributed by atoms with Gasteiger partial charge in [-0.05, 0) is 49.3 Å². The highest BCUT2D eigenvalue weighted by Crippen LogP contribution is 2.30. The van der Waals surface area contributed by atoms with Crippen molar-refractivity contribution >= 4 is 0 Å². The summed E-state index contributed by atoms with van der Waals surface area (Å²) < 4.78 is 0. The van der Waals surface area contributed by atoms with Gasteiger partial charge in [-0.15, -0.1) is 0 Å². The molecule has 0 aliphatic heterocycles. The van der Waals surface area contributed by atoms with Crippen LogP contribution in [0.1, 0.15) is 43.4 Å². The second kappa shape index (κ2) is 6.18. The molecule has 0 amide bonds. The van der Waals surface area contributed by atoms with E-state index in [1.54, 1.807) is 0 Å². The average molecular weight is 233 g/mol. The molecule has 0 heterocycles. The van der Waals surface area contributed by atoms with Crippen LogP contribution in [0, 0.1) is 5.92 Å². The minimum absolute atomic E-state index is 0.312. The number of hydrogen-bond donors (Lipinski definition) is 2. The maximum atomic E-state index is 8.96. The normalized spacial score (nSPS) is 20.2. The number of nitrogens with one attached hydrogen (secondary N) is 1. The van der Waals surface area contributed by atoms with Gasteiger partial charge in [-0.25, -0.2) is 0 Å². The molecule has 2 nitrogen and oxygen atoms in total. The summed E-state index contributed by atoms with van der Waals surface area (Å²) in [5.41, 5.74) is 3.00. The highest BCUT2D eigenvalue weighted by molar-refractivity contribution is 5.34. The van der Waals surface area contributed by atoms with E-state index in [-0.39, 0.29) is 0 Å². The molecule has 1 aromatic rings. The lowest BCUT2D eigenvalue weighted by Crippen LogP contribution is -2.21. The third kappa shape index (κ3) is 3.30. The van der Waals surface area contributed by atoms with E-state index in [0.717, 1.165) is 19.4 Å². The second-order valence-corrected chi connectivity index (χ2v) is 5.17. The van der Waals surface area contributed by atoms with E-state index in [4.69, 9.17) is 5.11 Å². The van der Waals surface area contributed by atoms with Crippen molar-refractivity contribution in [2.24, 2.45) is 5.92 Å². The molecule has 2 atom stereocenters. The minimum atomic E-state index is 0.312. The molecule has 1 aliphatic carbocycles. The summed E-state index contributed by atoms with van der Waals surface area (Å²) in [5.74, 6) is 0.438. The maximum Gasteiger partial charge on any atom is 0.0456 e. The van der Waals surface area contributed by atoms with E-state index < -0.39 is 0 Å². The van der Waals surface area contributed by atoms with Gasteiger partial charge >= 0.3 is 0 Å². The molecule has 2 N–H and O–H groups in total. The molecule has 2 unspecified atom stereocenters. The van der Waals surface area contributed by atoms with Crippen LogP contribution in [-0.2, 0) is 6.42 Å². The van der Waals surface area contributed by atoms with Crippen LogP contribution in [0.3, 0.4) is 0 Å². The Hall–Kier alpha value is -0.860. The largest absolute Gasteiger partial charge is 0.396 e. The monoisotopic (exact) mass is 233 g/mol. The van der Waals surface area contributed by atoms with Crippen molar-refractivity contribution in [2.45, 2.75) is 38.6 Å². The molecule has 2 rings (SSSR count). The number of aliphatic hydroxyl groups is 1. The summed E-state index contributed by atoms with van der Waals surface area (Å²) in [4.78, 5) is 0. The highest BCUT2D eigenvalue weighted by Gasteiger charge is 2.20. The molecule has 0 radical (unpaired) electrons. The van der Waals surface area contributed by atoms with Gasteiger partial charge in [0.25, 0.3) is 0 Å². The summed E-state index contributed by atoms with van der Waals surface area (Å²) in [7, 11) is 0. The third-order valence-electron chi connectivity index (χ3n) is 3.71. The molecular weight excluding hydrogens is 210 g/mol. The van der Waals surface area contributed by atoms with Crippen molar-refractivity contribution in [1.82, 2.24) is 5.32 Å². The molecule has 0 saturated heterocycles. The fourth-order valence-electron chi connectivity index (χ4n) is 2.59. The quantitative estimate of drug-likeness (QED) is 0.740. The summed E-state index contributed by atoms with van der Waals surface area (Å²) in [6.45, 7) is 3.47. The highest BCUT2D eigenvalue weighted by atomic mass is 16.3. The van der Waals surface area contributed by atoms with E-state index in [9.17, 15) is 0 Å². The van der Waals surface area contributed by atoms with Crippen LogP contribution < -0.4 is 5.32 Å². The predicted octanol–water partition coefficient (Wildman–Crippen LogP) is 2.67. The standard InChI is InChI=1S/C15H23NO/c1-12(11-17)5-4-10-16-15-9-8-13-6-2-3-7-14(13)15/h2-3,6-7,12,15-17H,4-5,8-11H2,1H3. The van der Waals surface area contributed by atoms with Crippen LogP contribution in [0.15, 0.2) is 24.3 Å². The van der Waals surface area contributed by atoms with Gasteiger partial charge in [-0.2, -0.15) is 0 Å². The van der Waals surface area contributed by atoms with Crippen molar-refractivity contribution in [3.8, 4) is 0 Å². The lowest BCUT2D eigenvalue weighted by Gasteiger charge is -2.14. The van der Waals surface area contributed by atoms with E-state index in [1.807, 2.05) is 0 Å². The Morgan fingerprint density at radius 1 is 1.41 bits per heavy atom. The Kier molecular flexibility index (Phi) is 4.57. The van der Waals surface area contributed by atoms with E-state index in [1.165, 1.54) is 24.0 Å². The van der Waals surface area contributed by atoms with Crippen LogP contribution in [0.2, 0.25) is 0 Å². The maximum absolute atomic E-state index is 8.96. The first-order chi connectivity index (χ1) is 8.31. The minimum Gasteiger partial charge on any atom is -0.396 e.